The van der Waals surface area contributed by atoms with Crippen LogP contribution in [0.25, 0.3) is 33.5 Å². The number of pyridine rings is 1. The molecular formula is C17H16N6. The van der Waals surface area contributed by atoms with Crippen molar-refractivity contribution in [3.05, 3.63) is 49.3 Å². The largest absolute Gasteiger partial charge is 0.344 e. The van der Waals surface area contributed by atoms with Crippen molar-refractivity contribution < 1.29 is 0 Å². The van der Waals surface area contributed by atoms with E-state index in [2.05, 4.69) is 27.0 Å². The van der Waals surface area contributed by atoms with Gasteiger partial charge in [-0.15, -0.1) is 0 Å². The monoisotopic (exact) mass is 304 g/mol. The van der Waals surface area contributed by atoms with Gasteiger partial charge in [-0.05, 0) is 18.6 Å². The summed E-state index contributed by atoms with van der Waals surface area (Å²) in [7, 11) is 0. The third-order valence-corrected chi connectivity index (χ3v) is 3.75. The van der Waals surface area contributed by atoms with Gasteiger partial charge in [0.2, 0.25) is 0 Å². The van der Waals surface area contributed by atoms with E-state index in [0.717, 1.165) is 46.5 Å². The Balaban J connectivity index is 1.81. The van der Waals surface area contributed by atoms with Gasteiger partial charge in [0.15, 0.2) is 5.65 Å². The van der Waals surface area contributed by atoms with E-state index in [4.69, 9.17) is 4.98 Å². The van der Waals surface area contributed by atoms with Gasteiger partial charge in [-0.2, -0.15) is 5.10 Å². The lowest BCUT2D eigenvalue weighted by Gasteiger charge is -2.01. The molecule has 6 heteroatoms. The molecule has 23 heavy (non-hydrogen) atoms. The zero-order valence-electron chi connectivity index (χ0n) is 12.8. The zero-order chi connectivity index (χ0) is 15.6. The third-order valence-electron chi connectivity index (χ3n) is 3.75. The zero-order valence-corrected chi connectivity index (χ0v) is 12.8. The van der Waals surface area contributed by atoms with Crippen LogP contribution in [0.2, 0.25) is 0 Å². The Morgan fingerprint density at radius 1 is 1.13 bits per heavy atom. The van der Waals surface area contributed by atoms with Crippen LogP contribution in [0.3, 0.4) is 0 Å². The van der Waals surface area contributed by atoms with Crippen molar-refractivity contribution in [2.75, 3.05) is 0 Å². The lowest BCUT2D eigenvalue weighted by molar-refractivity contribution is 0.603. The van der Waals surface area contributed by atoms with Gasteiger partial charge < -0.3 is 4.98 Å². The maximum atomic E-state index is 4.78. The fourth-order valence-electron chi connectivity index (χ4n) is 2.63. The summed E-state index contributed by atoms with van der Waals surface area (Å²) >= 11 is 0. The number of hydrogen-bond acceptors (Lipinski definition) is 4. The van der Waals surface area contributed by atoms with Gasteiger partial charge >= 0.3 is 0 Å². The molecule has 4 rings (SSSR count). The van der Waals surface area contributed by atoms with E-state index < -0.39 is 0 Å². The van der Waals surface area contributed by atoms with Crippen molar-refractivity contribution in [1.29, 1.82) is 0 Å². The standard InChI is InChI=1S/C17H16N6/c1-2-7-23-11-13(8-21-23)14-9-19-17-16(14)22-15(10-20-17)12-3-5-18-6-4-12/h3-6,8-11H,2,7H2,1H3,(H,19,20). The van der Waals surface area contributed by atoms with Crippen molar-refractivity contribution >= 4 is 11.2 Å². The van der Waals surface area contributed by atoms with E-state index in [-0.39, 0.29) is 0 Å². The number of rotatable bonds is 4. The number of aromatic nitrogens is 6. The molecule has 0 atom stereocenters. The molecule has 0 spiro atoms. The number of aromatic amines is 1. The second-order valence-corrected chi connectivity index (χ2v) is 5.38. The maximum absolute atomic E-state index is 4.78. The SMILES string of the molecule is CCCn1cc(-c2c[nH]c3ncc(-c4ccncc4)nc23)cn1. The molecule has 4 aromatic heterocycles. The fourth-order valence-corrected chi connectivity index (χ4v) is 2.63. The Bertz CT molecular complexity index is 938. The van der Waals surface area contributed by atoms with E-state index in [1.807, 2.05) is 35.4 Å². The number of H-pyrrole nitrogens is 1. The van der Waals surface area contributed by atoms with Gasteiger partial charge in [0.25, 0.3) is 0 Å². The highest BCUT2D eigenvalue weighted by molar-refractivity contribution is 5.91. The van der Waals surface area contributed by atoms with E-state index in [1.165, 1.54) is 0 Å². The highest BCUT2D eigenvalue weighted by atomic mass is 15.3. The second kappa shape index (κ2) is 5.64. The minimum Gasteiger partial charge on any atom is -0.344 e. The predicted molar refractivity (Wildman–Crippen MR) is 88.6 cm³/mol. The van der Waals surface area contributed by atoms with Gasteiger partial charge in [-0.25, -0.2) is 9.97 Å². The Morgan fingerprint density at radius 2 is 2.00 bits per heavy atom. The molecule has 4 heterocycles. The summed E-state index contributed by atoms with van der Waals surface area (Å²) in [4.78, 5) is 16.5. The Kier molecular flexibility index (Phi) is 3.34. The molecule has 114 valence electrons. The van der Waals surface area contributed by atoms with Gasteiger partial charge in [0.05, 0.1) is 18.1 Å². The number of hydrogen-bond donors (Lipinski definition) is 1. The molecule has 1 N–H and O–H groups in total. The van der Waals surface area contributed by atoms with Crippen molar-refractivity contribution in [2.45, 2.75) is 19.9 Å². The maximum Gasteiger partial charge on any atom is 0.156 e. The van der Waals surface area contributed by atoms with Crippen LogP contribution >= 0.6 is 0 Å². The van der Waals surface area contributed by atoms with E-state index in [0.29, 0.717) is 0 Å². The minimum atomic E-state index is 0.779. The van der Waals surface area contributed by atoms with Gasteiger partial charge in [0, 0.05) is 48.0 Å². The Hall–Kier alpha value is -3.02. The smallest absolute Gasteiger partial charge is 0.156 e. The first-order valence-corrected chi connectivity index (χ1v) is 7.62. The molecule has 0 fully saturated rings. The minimum absolute atomic E-state index is 0.779. The molecule has 0 bridgehead atoms. The molecule has 6 nitrogen and oxygen atoms in total. The first kappa shape index (κ1) is 13.6. The lowest BCUT2D eigenvalue weighted by atomic mass is 10.1. The van der Waals surface area contributed by atoms with Crippen LogP contribution < -0.4 is 0 Å². The summed E-state index contributed by atoms with van der Waals surface area (Å²) in [5, 5.41) is 4.40. The van der Waals surface area contributed by atoms with Crippen LogP contribution in [-0.2, 0) is 6.54 Å². The molecule has 0 unspecified atom stereocenters. The van der Waals surface area contributed by atoms with Gasteiger partial charge in [0.1, 0.15) is 5.52 Å². The van der Waals surface area contributed by atoms with E-state index >= 15 is 0 Å². The number of nitrogens with one attached hydrogen (secondary N) is 1. The highest BCUT2D eigenvalue weighted by Crippen LogP contribution is 2.27. The third kappa shape index (κ3) is 2.48. The van der Waals surface area contributed by atoms with Crippen LogP contribution in [0, 0.1) is 0 Å². The fraction of sp³-hybridized carbons (Fsp3) is 0.176. The average Bonchev–Trinajstić information content (AvgIpc) is 3.22. The van der Waals surface area contributed by atoms with Crippen molar-refractivity contribution in [1.82, 2.24) is 29.7 Å². The van der Waals surface area contributed by atoms with Crippen molar-refractivity contribution in [3.63, 3.8) is 0 Å². The molecular weight excluding hydrogens is 288 g/mol. The summed E-state index contributed by atoms with van der Waals surface area (Å²) in [5.41, 5.74) is 5.54. The first-order chi connectivity index (χ1) is 11.3. The summed E-state index contributed by atoms with van der Waals surface area (Å²) in [6.07, 6.45) is 12.2. The highest BCUT2D eigenvalue weighted by Gasteiger charge is 2.12. The number of aryl methyl sites for hydroxylation is 1. The average molecular weight is 304 g/mol. The molecule has 0 saturated carbocycles. The molecule has 0 aliphatic carbocycles. The number of fused-ring (bicyclic) bond motifs is 1. The topological polar surface area (TPSA) is 72.3 Å². The second-order valence-electron chi connectivity index (χ2n) is 5.38. The molecule has 0 amide bonds. The first-order valence-electron chi connectivity index (χ1n) is 7.62. The summed E-state index contributed by atoms with van der Waals surface area (Å²) in [5.74, 6) is 0. The lowest BCUT2D eigenvalue weighted by Crippen LogP contribution is -1.95. The van der Waals surface area contributed by atoms with Crippen LogP contribution in [0.1, 0.15) is 13.3 Å². The quantitative estimate of drug-likeness (QED) is 0.628. The molecule has 0 saturated heterocycles. The van der Waals surface area contributed by atoms with Crippen LogP contribution in [-0.4, -0.2) is 29.7 Å². The summed E-state index contributed by atoms with van der Waals surface area (Å²) < 4.78 is 1.95. The van der Waals surface area contributed by atoms with Crippen molar-refractivity contribution in [2.24, 2.45) is 0 Å². The normalized spacial score (nSPS) is 11.2. The van der Waals surface area contributed by atoms with Crippen LogP contribution in [0.4, 0.5) is 0 Å². The predicted octanol–water partition coefficient (Wildman–Crippen LogP) is 3.29. The van der Waals surface area contributed by atoms with Crippen LogP contribution in [0.15, 0.2) is 49.3 Å². The van der Waals surface area contributed by atoms with E-state index in [1.54, 1.807) is 18.6 Å². The summed E-state index contributed by atoms with van der Waals surface area (Å²) in [6, 6.07) is 3.86. The Labute approximate surface area is 133 Å². The van der Waals surface area contributed by atoms with Crippen molar-refractivity contribution in [3.8, 4) is 22.4 Å². The van der Waals surface area contributed by atoms with E-state index in [9.17, 15) is 0 Å². The molecule has 0 aliphatic heterocycles. The molecule has 0 aromatic carbocycles. The van der Waals surface area contributed by atoms with Gasteiger partial charge in [-0.3, -0.25) is 9.67 Å². The van der Waals surface area contributed by atoms with Gasteiger partial charge in [-0.1, -0.05) is 6.92 Å². The Morgan fingerprint density at radius 3 is 2.83 bits per heavy atom. The molecule has 0 radical (unpaired) electrons. The van der Waals surface area contributed by atoms with Crippen LogP contribution in [0.5, 0.6) is 0 Å². The molecule has 0 aliphatic rings. The summed E-state index contributed by atoms with van der Waals surface area (Å²) in [6.45, 7) is 3.05. The number of nitrogens with zero attached hydrogens (tertiary/aromatic N) is 5. The molecule has 4 aromatic rings.